The van der Waals surface area contributed by atoms with Crippen molar-refractivity contribution < 1.29 is 4.79 Å². The molecule has 1 aliphatic rings. The fraction of sp³-hybridized carbons (Fsp3) is 0.375. The van der Waals surface area contributed by atoms with E-state index >= 15 is 0 Å². The monoisotopic (exact) mass is 420 g/mol. The minimum Gasteiger partial charge on any atom is -0.352 e. The third-order valence-electron chi connectivity index (χ3n) is 6.07. The minimum absolute atomic E-state index is 0.0647. The van der Waals surface area contributed by atoms with Crippen LogP contribution in [0.25, 0.3) is 17.1 Å². The zero-order chi connectivity index (χ0) is 20.9. The maximum absolute atomic E-state index is 12.7. The number of hydrogen-bond acceptors (Lipinski definition) is 4. The first-order chi connectivity index (χ1) is 14.6. The van der Waals surface area contributed by atoms with Crippen molar-refractivity contribution in [1.29, 1.82) is 0 Å². The maximum Gasteiger partial charge on any atom is 0.230 e. The Labute approximate surface area is 182 Å². The summed E-state index contributed by atoms with van der Waals surface area (Å²) in [5.41, 5.74) is 1.98. The predicted octanol–water partition coefficient (Wildman–Crippen LogP) is 4.97. The Balaban J connectivity index is 1.52. The van der Waals surface area contributed by atoms with E-state index in [1.165, 1.54) is 24.6 Å². The average molecular weight is 421 g/mol. The summed E-state index contributed by atoms with van der Waals surface area (Å²) >= 11 is 1.43. The predicted molar refractivity (Wildman–Crippen MR) is 122 cm³/mol. The van der Waals surface area contributed by atoms with Crippen molar-refractivity contribution in [2.45, 2.75) is 44.3 Å². The molecule has 3 aromatic rings. The normalized spacial score (nSPS) is 21.3. The lowest BCUT2D eigenvalue weighted by Gasteiger charge is -2.34. The van der Waals surface area contributed by atoms with E-state index in [2.05, 4.69) is 29.4 Å². The Bertz CT molecular complexity index is 973. The Morgan fingerprint density at radius 3 is 2.47 bits per heavy atom. The van der Waals surface area contributed by atoms with Gasteiger partial charge in [0.15, 0.2) is 11.0 Å². The van der Waals surface area contributed by atoms with Crippen molar-refractivity contribution in [3.8, 4) is 17.1 Å². The Kier molecular flexibility index (Phi) is 6.53. The average Bonchev–Trinajstić information content (AvgIpc) is 3.21. The van der Waals surface area contributed by atoms with Gasteiger partial charge in [0.2, 0.25) is 5.91 Å². The minimum atomic E-state index is 0.0647. The molecule has 1 fully saturated rings. The number of hydrogen-bond donors (Lipinski definition) is 1. The van der Waals surface area contributed by atoms with Gasteiger partial charge >= 0.3 is 0 Å². The number of rotatable bonds is 6. The van der Waals surface area contributed by atoms with Crippen LogP contribution in [-0.2, 0) is 4.79 Å². The molecule has 0 aliphatic heterocycles. The number of benzene rings is 2. The molecule has 1 aliphatic carbocycles. The highest BCUT2D eigenvalue weighted by Gasteiger charge is 2.28. The van der Waals surface area contributed by atoms with Gasteiger partial charge in [0.1, 0.15) is 0 Å². The van der Waals surface area contributed by atoms with E-state index < -0.39 is 0 Å². The van der Waals surface area contributed by atoms with Crippen LogP contribution in [0.15, 0.2) is 65.8 Å². The standard InChI is InChI=1S/C24H28N4OS/c1-17-10-9-15-21(18(17)2)25-22(29)16-30-24-27-26-23(19-11-5-3-6-12-19)28(24)20-13-7-4-8-14-20/h3-8,11-14,17-18,21H,9-10,15-16H2,1-2H3,(H,25,29)/t17-,18+,21+/m0/s1. The second-order valence-electron chi connectivity index (χ2n) is 8.07. The van der Waals surface area contributed by atoms with E-state index in [9.17, 15) is 4.79 Å². The van der Waals surface area contributed by atoms with Gasteiger partial charge in [-0.2, -0.15) is 0 Å². The molecule has 30 heavy (non-hydrogen) atoms. The summed E-state index contributed by atoms with van der Waals surface area (Å²) in [6.45, 7) is 4.53. The van der Waals surface area contributed by atoms with Crippen LogP contribution < -0.4 is 5.32 Å². The fourth-order valence-corrected chi connectivity index (χ4v) is 4.87. The van der Waals surface area contributed by atoms with Crippen molar-refractivity contribution in [3.05, 3.63) is 60.7 Å². The number of aromatic nitrogens is 3. The van der Waals surface area contributed by atoms with E-state index in [1.54, 1.807) is 0 Å². The first-order valence-corrected chi connectivity index (χ1v) is 11.6. The topological polar surface area (TPSA) is 59.8 Å². The zero-order valence-corrected chi connectivity index (χ0v) is 18.3. The summed E-state index contributed by atoms with van der Waals surface area (Å²) in [6.07, 6.45) is 3.51. The lowest BCUT2D eigenvalue weighted by atomic mass is 9.78. The molecule has 5 nitrogen and oxygen atoms in total. The summed E-state index contributed by atoms with van der Waals surface area (Å²) in [5, 5.41) is 12.8. The molecule has 3 atom stereocenters. The van der Waals surface area contributed by atoms with Gasteiger partial charge in [0.25, 0.3) is 0 Å². The van der Waals surface area contributed by atoms with E-state index in [0.29, 0.717) is 17.6 Å². The van der Waals surface area contributed by atoms with E-state index in [1.807, 2.05) is 65.2 Å². The third-order valence-corrected chi connectivity index (χ3v) is 6.99. The first-order valence-electron chi connectivity index (χ1n) is 10.6. The van der Waals surface area contributed by atoms with Crippen LogP contribution >= 0.6 is 11.8 Å². The molecule has 156 valence electrons. The van der Waals surface area contributed by atoms with Crippen LogP contribution in [0.4, 0.5) is 0 Å². The molecule has 0 bridgehead atoms. The van der Waals surface area contributed by atoms with Gasteiger partial charge in [-0.1, -0.05) is 87.0 Å². The highest BCUT2D eigenvalue weighted by atomic mass is 32.2. The molecule has 1 heterocycles. The maximum atomic E-state index is 12.7. The van der Waals surface area contributed by atoms with E-state index in [-0.39, 0.29) is 11.9 Å². The smallest absolute Gasteiger partial charge is 0.230 e. The molecule has 0 unspecified atom stereocenters. The van der Waals surface area contributed by atoms with Crippen molar-refractivity contribution in [3.63, 3.8) is 0 Å². The number of carbonyl (C=O) groups excluding carboxylic acids is 1. The van der Waals surface area contributed by atoms with Gasteiger partial charge < -0.3 is 5.32 Å². The highest BCUT2D eigenvalue weighted by molar-refractivity contribution is 7.99. The van der Waals surface area contributed by atoms with Crippen molar-refractivity contribution in [1.82, 2.24) is 20.1 Å². The number of amides is 1. The van der Waals surface area contributed by atoms with Crippen LogP contribution in [0.5, 0.6) is 0 Å². The first kappa shape index (κ1) is 20.7. The van der Waals surface area contributed by atoms with Crippen LogP contribution in [0.2, 0.25) is 0 Å². The summed E-state index contributed by atoms with van der Waals surface area (Å²) in [6, 6.07) is 20.3. The van der Waals surface area contributed by atoms with Crippen molar-refractivity contribution in [2.24, 2.45) is 11.8 Å². The van der Waals surface area contributed by atoms with Crippen molar-refractivity contribution >= 4 is 17.7 Å². The molecular formula is C24H28N4OS. The SMILES string of the molecule is C[C@@H]1[C@@H](C)CCC[C@H]1NC(=O)CSc1nnc(-c2ccccc2)n1-c1ccccc1. The molecule has 0 spiro atoms. The zero-order valence-electron chi connectivity index (χ0n) is 17.5. The van der Waals surface area contributed by atoms with Crippen LogP contribution in [0.3, 0.4) is 0 Å². The Morgan fingerprint density at radius 2 is 1.73 bits per heavy atom. The van der Waals surface area contributed by atoms with Crippen LogP contribution in [0, 0.1) is 11.8 Å². The Morgan fingerprint density at radius 1 is 1.03 bits per heavy atom. The Hall–Kier alpha value is -2.60. The molecule has 1 aromatic heterocycles. The highest BCUT2D eigenvalue weighted by Crippen LogP contribution is 2.30. The van der Waals surface area contributed by atoms with E-state index in [4.69, 9.17) is 0 Å². The number of thioether (sulfide) groups is 1. The molecule has 0 saturated heterocycles. The molecule has 0 radical (unpaired) electrons. The van der Waals surface area contributed by atoms with Gasteiger partial charge in [-0.15, -0.1) is 10.2 Å². The van der Waals surface area contributed by atoms with Crippen LogP contribution in [0.1, 0.15) is 33.1 Å². The largest absolute Gasteiger partial charge is 0.352 e. The molecule has 2 aromatic carbocycles. The second-order valence-corrected chi connectivity index (χ2v) is 9.02. The van der Waals surface area contributed by atoms with Gasteiger partial charge in [-0.25, -0.2) is 0 Å². The molecular weight excluding hydrogens is 392 g/mol. The van der Waals surface area contributed by atoms with Crippen LogP contribution in [-0.4, -0.2) is 32.5 Å². The summed E-state index contributed by atoms with van der Waals surface area (Å²) < 4.78 is 2.03. The third kappa shape index (κ3) is 4.59. The number of nitrogens with one attached hydrogen (secondary N) is 1. The van der Waals surface area contributed by atoms with Gasteiger partial charge in [-0.3, -0.25) is 9.36 Å². The van der Waals surface area contributed by atoms with Crippen molar-refractivity contribution in [2.75, 3.05) is 5.75 Å². The second kappa shape index (κ2) is 9.47. The van der Waals surface area contributed by atoms with E-state index in [0.717, 1.165) is 28.7 Å². The van der Waals surface area contributed by atoms with Gasteiger partial charge in [-0.05, 0) is 30.4 Å². The van der Waals surface area contributed by atoms with Gasteiger partial charge in [0, 0.05) is 17.3 Å². The quantitative estimate of drug-likeness (QED) is 0.572. The lowest BCUT2D eigenvalue weighted by Crippen LogP contribution is -2.44. The molecule has 6 heteroatoms. The summed E-state index contributed by atoms with van der Waals surface area (Å²) in [4.78, 5) is 12.7. The number of para-hydroxylation sites is 1. The molecule has 1 N–H and O–H groups in total. The lowest BCUT2D eigenvalue weighted by molar-refractivity contribution is -0.120. The fourth-order valence-electron chi connectivity index (χ4n) is 4.11. The number of nitrogens with zero attached hydrogens (tertiary/aromatic N) is 3. The van der Waals surface area contributed by atoms with Gasteiger partial charge in [0.05, 0.1) is 5.75 Å². The molecule has 1 saturated carbocycles. The summed E-state index contributed by atoms with van der Waals surface area (Å²) in [7, 11) is 0. The number of carbonyl (C=O) groups is 1. The molecule has 1 amide bonds. The molecule has 4 rings (SSSR count). The summed E-state index contributed by atoms with van der Waals surface area (Å²) in [5.74, 6) is 2.35.